The Labute approximate surface area is 227 Å². The van der Waals surface area contributed by atoms with Crippen LogP contribution in [0.1, 0.15) is 5.56 Å². The van der Waals surface area contributed by atoms with Crippen LogP contribution in [-0.4, -0.2) is 103 Å². The predicted octanol–water partition coefficient (Wildman–Crippen LogP) is 1.50. The molecule has 2 unspecified atom stereocenters. The Kier molecular flexibility index (Phi) is 8.27. The maximum atomic E-state index is 13.1. The summed E-state index contributed by atoms with van der Waals surface area (Å²) in [7, 11) is 6.07. The van der Waals surface area contributed by atoms with E-state index in [0.29, 0.717) is 22.8 Å². The zero-order valence-corrected chi connectivity index (χ0v) is 22.9. The summed E-state index contributed by atoms with van der Waals surface area (Å²) in [5, 5.41) is 15.1. The van der Waals surface area contributed by atoms with Crippen LogP contribution in [0.2, 0.25) is 0 Å². The van der Waals surface area contributed by atoms with Gasteiger partial charge in [-0.15, -0.1) is 5.10 Å². The van der Waals surface area contributed by atoms with Crippen molar-refractivity contribution in [1.82, 2.24) is 15.2 Å². The zero-order valence-electron chi connectivity index (χ0n) is 21.3. The van der Waals surface area contributed by atoms with E-state index in [4.69, 9.17) is 14.2 Å². The standard InChI is InChI=1S/C25H27BrN6O6/c1-30-22-21(23(34)31(2)25(30)35)32(13-17(33)14-38-19-8-6-18(36-3)7-9-19)24(28-22)29-27-12-15-11-16(26)5-10-20(15)37-4/h5-12,17,21,33H,13-14H2,1-4H3/p+1/b27-12-. The molecule has 2 aliphatic heterocycles. The molecule has 2 heterocycles. The number of likely N-dealkylation sites (N-methyl/N-ethyl adjacent to an activating group) is 2. The van der Waals surface area contributed by atoms with Crippen molar-refractivity contribution >= 4 is 45.9 Å². The topological polar surface area (TPSA) is 128 Å². The Morgan fingerprint density at radius 3 is 2.53 bits per heavy atom. The molecular weight excluding hydrogens is 560 g/mol. The number of aliphatic imine (C=N–C) groups is 1. The van der Waals surface area contributed by atoms with Crippen molar-refractivity contribution in [3.8, 4) is 17.2 Å². The highest BCUT2D eigenvalue weighted by atomic mass is 79.9. The van der Waals surface area contributed by atoms with E-state index in [-0.39, 0.29) is 24.9 Å². The van der Waals surface area contributed by atoms with Crippen LogP contribution in [0.5, 0.6) is 17.2 Å². The fourth-order valence-electron chi connectivity index (χ4n) is 3.99. The summed E-state index contributed by atoms with van der Waals surface area (Å²) in [4.78, 5) is 32.4. The van der Waals surface area contributed by atoms with Crippen LogP contribution in [-0.2, 0) is 4.79 Å². The van der Waals surface area contributed by atoms with Gasteiger partial charge in [0.15, 0.2) is 0 Å². The molecular formula is C25H28BrN6O6+. The summed E-state index contributed by atoms with van der Waals surface area (Å²) >= 11 is 3.43. The number of β-amino-alcohol motifs (C(OH)–C–C–N with tert-alkyl or cyclic N) is 1. The van der Waals surface area contributed by atoms with Gasteiger partial charge in [-0.3, -0.25) is 14.6 Å². The van der Waals surface area contributed by atoms with Crippen molar-refractivity contribution in [2.45, 2.75) is 12.1 Å². The third-order valence-corrected chi connectivity index (χ3v) is 6.49. The Hall–Kier alpha value is -3.97. The normalized spacial score (nSPS) is 18.1. The van der Waals surface area contributed by atoms with E-state index in [0.717, 1.165) is 9.37 Å². The number of rotatable bonds is 9. The molecule has 3 amide bonds. The third-order valence-electron chi connectivity index (χ3n) is 6.00. The number of hydrogen-bond acceptors (Lipinski definition) is 9. The number of amidine groups is 1. The number of imide groups is 1. The first-order chi connectivity index (χ1) is 18.2. The summed E-state index contributed by atoms with van der Waals surface area (Å²) < 4.78 is 18.6. The summed E-state index contributed by atoms with van der Waals surface area (Å²) in [6.07, 6.45) is 0.543. The maximum Gasteiger partial charge on any atom is 0.414 e. The molecule has 0 aromatic heterocycles. The van der Waals surface area contributed by atoms with Gasteiger partial charge in [0.2, 0.25) is 11.9 Å². The van der Waals surface area contributed by atoms with Crippen molar-refractivity contribution in [3.63, 3.8) is 0 Å². The number of methoxy groups -OCH3 is 2. The highest BCUT2D eigenvalue weighted by Crippen LogP contribution is 2.22. The molecule has 1 saturated heterocycles. The molecule has 0 saturated carbocycles. The van der Waals surface area contributed by atoms with E-state index in [1.807, 2.05) is 12.1 Å². The number of hydrazone groups is 1. The Balaban J connectivity index is 1.56. The second kappa shape index (κ2) is 11.6. The molecule has 0 bridgehead atoms. The lowest BCUT2D eigenvalue weighted by molar-refractivity contribution is -0.545. The van der Waals surface area contributed by atoms with E-state index < -0.39 is 24.1 Å². The number of ether oxygens (including phenoxy) is 3. The number of carbonyl (C=O) groups is 2. The molecule has 2 atom stereocenters. The van der Waals surface area contributed by atoms with Crippen LogP contribution in [0.4, 0.5) is 4.79 Å². The number of hydrogen-bond donors (Lipinski definition) is 2. The van der Waals surface area contributed by atoms with E-state index in [1.54, 1.807) is 55.3 Å². The average molecular weight is 588 g/mol. The second-order valence-corrected chi connectivity index (χ2v) is 9.40. The van der Waals surface area contributed by atoms with Crippen LogP contribution in [0.15, 0.2) is 57.0 Å². The molecule has 0 radical (unpaired) electrons. The Morgan fingerprint density at radius 1 is 1.13 bits per heavy atom. The minimum Gasteiger partial charge on any atom is -0.497 e. The highest BCUT2D eigenvalue weighted by Gasteiger charge is 2.51. The van der Waals surface area contributed by atoms with Crippen molar-refractivity contribution in [1.29, 1.82) is 0 Å². The van der Waals surface area contributed by atoms with Gasteiger partial charge in [-0.2, -0.15) is 5.43 Å². The summed E-state index contributed by atoms with van der Waals surface area (Å²) in [5.41, 5.74) is 3.54. The fourth-order valence-corrected chi connectivity index (χ4v) is 4.37. The molecule has 2 N–H and O–H groups in total. The Bertz CT molecular complexity index is 1310. The third kappa shape index (κ3) is 5.63. The number of halogens is 1. The quantitative estimate of drug-likeness (QED) is 0.258. The van der Waals surface area contributed by atoms with Gasteiger partial charge in [0.1, 0.15) is 30.0 Å². The molecule has 38 heavy (non-hydrogen) atoms. The van der Waals surface area contributed by atoms with Crippen LogP contribution >= 0.6 is 15.9 Å². The number of nitrogens with zero attached hydrogens (tertiary/aromatic N) is 5. The highest BCUT2D eigenvalue weighted by molar-refractivity contribution is 9.10. The molecule has 2 aliphatic rings. The van der Waals surface area contributed by atoms with Crippen molar-refractivity contribution in [2.24, 2.45) is 10.1 Å². The molecule has 13 heteroatoms. The minimum absolute atomic E-state index is 0.0203. The number of fused-ring (bicyclic) bond motifs is 1. The van der Waals surface area contributed by atoms with Gasteiger partial charge in [-0.05, 0) is 42.5 Å². The van der Waals surface area contributed by atoms with Gasteiger partial charge < -0.3 is 19.3 Å². The molecule has 2 aromatic carbocycles. The van der Waals surface area contributed by atoms with Crippen LogP contribution < -0.4 is 19.6 Å². The van der Waals surface area contributed by atoms with Crippen molar-refractivity contribution < 1.29 is 33.5 Å². The number of carbonyl (C=O) groups excluding carboxylic acids is 2. The smallest absolute Gasteiger partial charge is 0.414 e. The number of urea groups is 1. The predicted molar refractivity (Wildman–Crippen MR) is 143 cm³/mol. The lowest BCUT2D eigenvalue weighted by Crippen LogP contribution is -2.62. The van der Waals surface area contributed by atoms with E-state index in [2.05, 4.69) is 31.4 Å². The van der Waals surface area contributed by atoms with E-state index >= 15 is 0 Å². The number of amides is 3. The van der Waals surface area contributed by atoms with Crippen molar-refractivity contribution in [3.05, 3.63) is 52.5 Å². The monoisotopic (exact) mass is 587 g/mol. The van der Waals surface area contributed by atoms with Crippen LogP contribution in [0.3, 0.4) is 0 Å². The molecule has 4 rings (SSSR count). The molecule has 0 spiro atoms. The van der Waals surface area contributed by atoms with Gasteiger partial charge in [0, 0.05) is 24.1 Å². The average Bonchev–Trinajstić information content (AvgIpc) is 3.27. The number of benzene rings is 2. The van der Waals surface area contributed by atoms with Gasteiger partial charge in [-0.1, -0.05) is 20.9 Å². The number of aliphatic hydroxyl groups is 1. The number of guanidine groups is 1. The zero-order chi connectivity index (χ0) is 27.4. The lowest BCUT2D eigenvalue weighted by Gasteiger charge is -2.32. The Morgan fingerprint density at radius 2 is 1.84 bits per heavy atom. The number of aliphatic hydroxyl groups excluding tert-OH is 1. The molecule has 2 aromatic rings. The van der Waals surface area contributed by atoms with E-state index in [1.165, 1.54) is 19.0 Å². The van der Waals surface area contributed by atoms with Crippen LogP contribution in [0.25, 0.3) is 0 Å². The first-order valence-electron chi connectivity index (χ1n) is 11.6. The summed E-state index contributed by atoms with van der Waals surface area (Å²) in [5.74, 6) is 1.81. The summed E-state index contributed by atoms with van der Waals surface area (Å²) in [6.45, 7) is -0.0665. The fraction of sp³-hybridized carbons (Fsp3) is 0.320. The second-order valence-electron chi connectivity index (χ2n) is 8.48. The van der Waals surface area contributed by atoms with Gasteiger partial charge >= 0.3 is 12.0 Å². The lowest BCUT2D eigenvalue weighted by atomic mass is 10.1. The number of nitrogens with one attached hydrogen (secondary N) is 1. The largest absolute Gasteiger partial charge is 0.497 e. The van der Waals surface area contributed by atoms with Gasteiger partial charge in [0.25, 0.3) is 5.91 Å². The molecule has 0 aliphatic carbocycles. The molecule has 200 valence electrons. The molecule has 12 nitrogen and oxygen atoms in total. The van der Waals surface area contributed by atoms with Crippen molar-refractivity contribution in [2.75, 3.05) is 41.5 Å². The van der Waals surface area contributed by atoms with E-state index in [9.17, 15) is 14.7 Å². The van der Waals surface area contributed by atoms with Gasteiger partial charge in [0.05, 0.1) is 27.0 Å². The van der Waals surface area contributed by atoms with Gasteiger partial charge in [-0.25, -0.2) is 9.37 Å². The summed E-state index contributed by atoms with van der Waals surface area (Å²) in [6, 6.07) is 11.0. The van der Waals surface area contributed by atoms with Crippen LogP contribution in [0, 0.1) is 0 Å². The SMILES string of the molecule is COc1ccc(OCC(O)C[N+]2=C(N/N=C\c3cc(Br)ccc3OC)N=C3C2C(=O)N(C)C(=O)N3C)cc1. The minimum atomic E-state index is -1.00. The first-order valence-corrected chi connectivity index (χ1v) is 12.4. The first kappa shape index (κ1) is 27.1. The molecule has 1 fully saturated rings. The maximum absolute atomic E-state index is 13.1.